The molecule has 0 aliphatic rings. The number of aliphatic hydroxyl groups excluding tert-OH is 4. The van der Waals surface area contributed by atoms with Crippen LogP contribution < -0.4 is 5.90 Å². The Bertz CT molecular complexity index is 96.9. The molecular formula is C5H13NO5. The number of hydrogen-bond donors (Lipinski definition) is 5. The summed E-state index contributed by atoms with van der Waals surface area (Å²) in [7, 11) is 0. The highest BCUT2D eigenvalue weighted by Gasteiger charge is 2.25. The highest BCUT2D eigenvalue weighted by Crippen LogP contribution is 2.01. The van der Waals surface area contributed by atoms with Crippen molar-refractivity contribution in [1.82, 2.24) is 0 Å². The third-order valence-corrected chi connectivity index (χ3v) is 1.32. The van der Waals surface area contributed by atoms with Crippen molar-refractivity contribution in [1.29, 1.82) is 0 Å². The molecule has 0 aliphatic heterocycles. The monoisotopic (exact) mass is 167 g/mol. The molecule has 6 heteroatoms. The smallest absolute Gasteiger partial charge is 0.130 e. The zero-order valence-corrected chi connectivity index (χ0v) is 5.92. The van der Waals surface area contributed by atoms with Gasteiger partial charge in [0.15, 0.2) is 0 Å². The summed E-state index contributed by atoms with van der Waals surface area (Å²) < 4.78 is 0. The molecule has 0 saturated heterocycles. The Morgan fingerprint density at radius 3 is 2.00 bits per heavy atom. The van der Waals surface area contributed by atoms with Crippen molar-refractivity contribution in [3.05, 3.63) is 0 Å². The van der Waals surface area contributed by atoms with Crippen LogP contribution in [-0.2, 0) is 4.84 Å². The molecule has 6 nitrogen and oxygen atoms in total. The first-order valence-corrected chi connectivity index (χ1v) is 3.10. The van der Waals surface area contributed by atoms with Crippen LogP contribution in [0.3, 0.4) is 0 Å². The Hall–Kier alpha value is -0.240. The molecule has 6 N–H and O–H groups in total. The third kappa shape index (κ3) is 3.10. The van der Waals surface area contributed by atoms with E-state index in [0.717, 1.165) is 0 Å². The second-order valence-corrected chi connectivity index (χ2v) is 2.10. The molecule has 0 spiro atoms. The average molecular weight is 167 g/mol. The van der Waals surface area contributed by atoms with Crippen LogP contribution in [0, 0.1) is 0 Å². The minimum atomic E-state index is -1.38. The molecule has 0 aromatic rings. The Morgan fingerprint density at radius 1 is 1.18 bits per heavy atom. The van der Waals surface area contributed by atoms with Gasteiger partial charge in [-0.25, -0.2) is 5.90 Å². The van der Waals surface area contributed by atoms with Crippen molar-refractivity contribution in [3.8, 4) is 0 Å². The standard InChI is InChI=1S/C5H13NO5/c6-11-4(2-8)5(10)3(9)1-7/h3-5,7-10H,1-2,6H2/t3-,4+,5-/m1/s1. The van der Waals surface area contributed by atoms with Gasteiger partial charge in [0.1, 0.15) is 18.3 Å². The van der Waals surface area contributed by atoms with Gasteiger partial charge in [-0.1, -0.05) is 0 Å². The normalized spacial score (nSPS) is 19.4. The second kappa shape index (κ2) is 5.42. The number of aliphatic hydroxyl groups is 4. The average Bonchev–Trinajstić information content (AvgIpc) is 2.05. The Balaban J connectivity index is 3.86. The van der Waals surface area contributed by atoms with Crippen molar-refractivity contribution >= 4 is 0 Å². The van der Waals surface area contributed by atoms with Crippen LogP contribution in [0.25, 0.3) is 0 Å². The maximum absolute atomic E-state index is 9.00. The summed E-state index contributed by atoms with van der Waals surface area (Å²) in [6, 6.07) is 0. The van der Waals surface area contributed by atoms with E-state index in [1.165, 1.54) is 0 Å². The molecule has 0 fully saturated rings. The van der Waals surface area contributed by atoms with Crippen LogP contribution in [-0.4, -0.2) is 52.0 Å². The summed E-state index contributed by atoms with van der Waals surface area (Å²) in [6.45, 7) is -1.13. The summed E-state index contributed by atoms with van der Waals surface area (Å²) in [5, 5.41) is 34.7. The van der Waals surface area contributed by atoms with Crippen LogP contribution >= 0.6 is 0 Å². The van der Waals surface area contributed by atoms with E-state index >= 15 is 0 Å². The Kier molecular flexibility index (Phi) is 5.30. The molecule has 0 radical (unpaired) electrons. The van der Waals surface area contributed by atoms with E-state index in [9.17, 15) is 0 Å². The van der Waals surface area contributed by atoms with Gasteiger partial charge in [-0.15, -0.1) is 0 Å². The fraction of sp³-hybridized carbons (Fsp3) is 1.00. The number of hydrogen-bond acceptors (Lipinski definition) is 6. The summed E-state index contributed by atoms with van der Waals surface area (Å²) >= 11 is 0. The van der Waals surface area contributed by atoms with Crippen LogP contribution in [0.4, 0.5) is 0 Å². The van der Waals surface area contributed by atoms with Crippen molar-refractivity contribution in [3.63, 3.8) is 0 Å². The molecule has 0 aromatic heterocycles. The van der Waals surface area contributed by atoms with Crippen LogP contribution in [0.1, 0.15) is 0 Å². The summed E-state index contributed by atoms with van der Waals surface area (Å²) in [5.74, 6) is 4.66. The number of nitrogens with two attached hydrogens (primary N) is 1. The third-order valence-electron chi connectivity index (χ3n) is 1.32. The van der Waals surface area contributed by atoms with Gasteiger partial charge in [0.05, 0.1) is 13.2 Å². The van der Waals surface area contributed by atoms with Crippen molar-refractivity contribution in [2.24, 2.45) is 5.90 Å². The fourth-order valence-electron chi connectivity index (χ4n) is 0.587. The van der Waals surface area contributed by atoms with Crippen LogP contribution in [0.15, 0.2) is 0 Å². The zero-order chi connectivity index (χ0) is 8.85. The van der Waals surface area contributed by atoms with Gasteiger partial charge in [0.2, 0.25) is 0 Å². The van der Waals surface area contributed by atoms with Gasteiger partial charge in [-0.2, -0.15) is 0 Å². The lowest BCUT2D eigenvalue weighted by molar-refractivity contribution is -0.118. The minimum Gasteiger partial charge on any atom is -0.394 e. The van der Waals surface area contributed by atoms with E-state index in [4.69, 9.17) is 20.4 Å². The minimum absolute atomic E-state index is 0.519. The van der Waals surface area contributed by atoms with E-state index in [0.29, 0.717) is 0 Å². The zero-order valence-electron chi connectivity index (χ0n) is 5.92. The van der Waals surface area contributed by atoms with E-state index in [2.05, 4.69) is 10.7 Å². The first kappa shape index (κ1) is 10.8. The largest absolute Gasteiger partial charge is 0.394 e. The molecular weight excluding hydrogens is 154 g/mol. The van der Waals surface area contributed by atoms with E-state index in [-0.39, 0.29) is 0 Å². The molecule has 68 valence electrons. The maximum Gasteiger partial charge on any atom is 0.130 e. The predicted molar refractivity (Wildman–Crippen MR) is 35.2 cm³/mol. The molecule has 0 unspecified atom stereocenters. The Labute approximate surface area is 63.8 Å². The van der Waals surface area contributed by atoms with Gasteiger partial charge in [0, 0.05) is 0 Å². The van der Waals surface area contributed by atoms with Crippen LogP contribution in [0.5, 0.6) is 0 Å². The SMILES string of the molecule is NO[C@@H](CO)[C@H](O)[C@H](O)CO. The van der Waals surface area contributed by atoms with E-state index in [1.807, 2.05) is 0 Å². The van der Waals surface area contributed by atoms with Gasteiger partial charge < -0.3 is 20.4 Å². The fourth-order valence-corrected chi connectivity index (χ4v) is 0.587. The quantitative estimate of drug-likeness (QED) is 0.278. The van der Waals surface area contributed by atoms with Gasteiger partial charge in [-0.05, 0) is 0 Å². The van der Waals surface area contributed by atoms with Gasteiger partial charge >= 0.3 is 0 Å². The summed E-state index contributed by atoms with van der Waals surface area (Å²) in [5.41, 5.74) is 0. The van der Waals surface area contributed by atoms with Crippen LogP contribution in [0.2, 0.25) is 0 Å². The number of rotatable bonds is 5. The Morgan fingerprint density at radius 2 is 1.73 bits per heavy atom. The molecule has 0 aromatic carbocycles. The molecule has 0 heterocycles. The molecule has 3 atom stereocenters. The lowest BCUT2D eigenvalue weighted by Gasteiger charge is -2.21. The van der Waals surface area contributed by atoms with E-state index in [1.54, 1.807) is 0 Å². The second-order valence-electron chi connectivity index (χ2n) is 2.10. The highest BCUT2D eigenvalue weighted by molar-refractivity contribution is 4.74. The summed E-state index contributed by atoms with van der Waals surface area (Å²) in [4.78, 5) is 4.11. The predicted octanol–water partition coefficient (Wildman–Crippen LogP) is -3.05. The molecule has 0 aliphatic carbocycles. The summed E-state index contributed by atoms with van der Waals surface area (Å²) in [6.07, 6.45) is -3.80. The van der Waals surface area contributed by atoms with Crippen molar-refractivity contribution < 1.29 is 25.3 Å². The lowest BCUT2D eigenvalue weighted by Crippen LogP contribution is -2.44. The first-order valence-electron chi connectivity index (χ1n) is 3.10. The van der Waals surface area contributed by atoms with Crippen molar-refractivity contribution in [2.45, 2.75) is 18.3 Å². The topological polar surface area (TPSA) is 116 Å². The van der Waals surface area contributed by atoms with Gasteiger partial charge in [-0.3, -0.25) is 4.84 Å². The highest BCUT2D eigenvalue weighted by atomic mass is 16.6. The molecule has 0 saturated carbocycles. The van der Waals surface area contributed by atoms with E-state index < -0.39 is 31.5 Å². The first-order chi connectivity index (χ1) is 5.17. The molecule has 0 rings (SSSR count). The lowest BCUT2D eigenvalue weighted by atomic mass is 10.1. The molecule has 0 amide bonds. The van der Waals surface area contributed by atoms with Gasteiger partial charge in [0.25, 0.3) is 0 Å². The molecule has 11 heavy (non-hydrogen) atoms. The maximum atomic E-state index is 9.00. The molecule has 0 bridgehead atoms. The van der Waals surface area contributed by atoms with Crippen molar-refractivity contribution in [2.75, 3.05) is 13.2 Å².